The molecule has 1 fully saturated rings. The van der Waals surface area contributed by atoms with Crippen molar-refractivity contribution in [3.63, 3.8) is 0 Å². The van der Waals surface area contributed by atoms with Crippen LogP contribution in [0.3, 0.4) is 0 Å². The minimum absolute atomic E-state index is 0. The Labute approximate surface area is 761 Å². The quantitative estimate of drug-likeness (QED) is 0.0488. The summed E-state index contributed by atoms with van der Waals surface area (Å²) < 4.78 is 69.0. The van der Waals surface area contributed by atoms with Crippen LogP contribution in [0.4, 0.5) is 13.2 Å². The molecule has 17 aromatic rings. The summed E-state index contributed by atoms with van der Waals surface area (Å²) >= 11 is 0. The molecule has 4 nitrogen and oxygen atoms in total. The van der Waals surface area contributed by atoms with E-state index in [-0.39, 0.29) is 32.0 Å². The summed E-state index contributed by atoms with van der Waals surface area (Å²) in [6, 6.07) is 181. The standard InChI is InChI=1S/4C24H20B.C13H11F3O3S.C4H8O.Zr/c4*1-5-13-21(14-6-1)25(22-15-7-2-8-16-22,23-17-9-3-10-18-23)24-19-11-4-12-20-24;1-8(2)11-7-9-5-3-4-6-10(9)12(11)19-20(17,18)13(14,15)16;1-2-4-5-3-1;/h4*1-20H;3-7H,1-2H3;1-4H2;/q4*-1;;;+4. The molecule has 2 aliphatic rings. The molecule has 0 aromatic heterocycles. The fourth-order valence-electron chi connectivity index (χ4n) is 18.8. The second-order valence-electron chi connectivity index (χ2n) is 31.8. The molecule has 0 amide bonds. The molecule has 17 aromatic carbocycles. The maximum atomic E-state index is 12.4. The molecule has 1 heterocycles. The normalized spacial score (nSPS) is 12.2. The minimum Gasteiger partial charge on any atom is -0.381 e. The van der Waals surface area contributed by atoms with Crippen molar-refractivity contribution in [2.75, 3.05) is 13.2 Å². The molecule has 618 valence electrons. The summed E-state index contributed by atoms with van der Waals surface area (Å²) in [5, 5.41) is 0.951. The molecule has 1 aliphatic carbocycles. The van der Waals surface area contributed by atoms with Crippen molar-refractivity contribution in [2.24, 2.45) is 0 Å². The van der Waals surface area contributed by atoms with Gasteiger partial charge < -0.3 is 8.92 Å². The molecule has 0 atom stereocenters. The number of rotatable bonds is 18. The van der Waals surface area contributed by atoms with Crippen LogP contribution in [0.15, 0.2) is 521 Å². The van der Waals surface area contributed by atoms with Gasteiger partial charge in [-0.25, -0.2) is 0 Å². The van der Waals surface area contributed by atoms with E-state index in [0.29, 0.717) is 21.6 Å². The molecule has 0 bridgehead atoms. The van der Waals surface area contributed by atoms with Crippen molar-refractivity contribution in [1.82, 2.24) is 0 Å². The zero-order valence-electron chi connectivity index (χ0n) is 70.9. The van der Waals surface area contributed by atoms with Gasteiger partial charge in [0.1, 0.15) is 24.6 Å². The zero-order valence-corrected chi connectivity index (χ0v) is 74.2. The molecule has 13 heteroatoms. The topological polar surface area (TPSA) is 52.6 Å². The van der Waals surface area contributed by atoms with E-state index in [2.05, 4.69) is 489 Å². The third kappa shape index (κ3) is 20.3. The second-order valence-corrected chi connectivity index (χ2v) is 33.3. The predicted octanol–water partition coefficient (Wildman–Crippen LogP) is 14.8. The van der Waals surface area contributed by atoms with Gasteiger partial charge in [-0.3, -0.25) is 0 Å². The van der Waals surface area contributed by atoms with Crippen LogP contribution in [0.1, 0.15) is 26.7 Å². The molecular weight excluding hydrogens is 1640 g/mol. The van der Waals surface area contributed by atoms with E-state index < -0.39 is 40.2 Å². The Morgan fingerprint density at radius 1 is 0.254 bits per heavy atom. The van der Waals surface area contributed by atoms with Crippen LogP contribution in [-0.2, 0) is 45.2 Å². The van der Waals surface area contributed by atoms with E-state index in [0.717, 1.165) is 13.2 Å². The third-order valence-corrected chi connectivity index (χ3v) is 25.3. The second kappa shape index (κ2) is 44.0. The molecule has 0 N–H and O–H groups in total. The van der Waals surface area contributed by atoms with Gasteiger partial charge in [-0.2, -0.15) is 109 Å². The fraction of sp³-hybridized carbons (Fsp3) is 0.0619. The maximum Gasteiger partial charge on any atom is 4.00 e. The molecule has 0 saturated carbocycles. The summed E-state index contributed by atoms with van der Waals surface area (Å²) in [6.45, 7) is 5.34. The van der Waals surface area contributed by atoms with Gasteiger partial charge in [0.25, 0.3) is 0 Å². The molecule has 1 saturated heterocycles. The Morgan fingerprint density at radius 3 is 0.540 bits per heavy atom. The summed E-state index contributed by atoms with van der Waals surface area (Å²) in [5.74, 6) is -0.280. The number of allylic oxidation sites excluding steroid dienone is 1. The van der Waals surface area contributed by atoms with Gasteiger partial charge in [0.15, 0.2) is 5.76 Å². The van der Waals surface area contributed by atoms with Crippen molar-refractivity contribution in [3.8, 4) is 0 Å². The summed E-state index contributed by atoms with van der Waals surface area (Å²) in [4.78, 5) is 0. The van der Waals surface area contributed by atoms with E-state index >= 15 is 0 Å². The van der Waals surface area contributed by atoms with Gasteiger partial charge in [-0.15, -0.1) is 0 Å². The average molecular weight is 1740 g/mol. The average Bonchev–Trinajstić information content (AvgIpc) is 1.03. The fourth-order valence-corrected chi connectivity index (χ4v) is 19.3. The van der Waals surface area contributed by atoms with Crippen LogP contribution in [0.5, 0.6) is 0 Å². The number of fused-ring (bicyclic) bond motifs is 1. The van der Waals surface area contributed by atoms with Crippen LogP contribution in [0, 0.1) is 0 Å². The molecule has 0 radical (unpaired) electrons. The van der Waals surface area contributed by atoms with Crippen molar-refractivity contribution >= 4 is 134 Å². The Balaban J connectivity index is 0.000000133. The maximum absolute atomic E-state index is 12.4. The van der Waals surface area contributed by atoms with Gasteiger partial charge in [0.2, 0.25) is 0 Å². The number of halogens is 3. The third-order valence-electron chi connectivity index (χ3n) is 24.4. The molecule has 0 spiro atoms. The van der Waals surface area contributed by atoms with Gasteiger partial charge >= 0.3 is 41.8 Å². The Morgan fingerprint density at radius 2 is 0.405 bits per heavy atom. The minimum atomic E-state index is -5.68. The largest absolute Gasteiger partial charge is 4.00 e. The van der Waals surface area contributed by atoms with Crippen molar-refractivity contribution in [1.29, 1.82) is 0 Å². The first-order chi connectivity index (χ1) is 61.3. The van der Waals surface area contributed by atoms with Crippen molar-refractivity contribution in [3.05, 3.63) is 531 Å². The Kier molecular flexibility index (Phi) is 31.6. The summed E-state index contributed by atoms with van der Waals surface area (Å²) in [6.07, 6.45) is -0.704. The monoisotopic (exact) mass is 1740 g/mol. The first-order valence-electron chi connectivity index (χ1n) is 42.9. The summed E-state index contributed by atoms with van der Waals surface area (Å²) in [7, 11) is -5.68. The van der Waals surface area contributed by atoms with E-state index in [1.807, 2.05) is 0 Å². The van der Waals surface area contributed by atoms with Gasteiger partial charge in [-0.05, 0) is 38.0 Å². The smallest absolute Gasteiger partial charge is 0.381 e. The number of hydrogen-bond donors (Lipinski definition) is 0. The number of ether oxygens (including phenoxy) is 1. The van der Waals surface area contributed by atoms with Crippen molar-refractivity contribution in [2.45, 2.75) is 32.2 Å². The van der Waals surface area contributed by atoms with Crippen LogP contribution in [0.25, 0.3) is 11.8 Å². The Hall–Kier alpha value is -13.1. The first-order valence-corrected chi connectivity index (χ1v) is 44.3. The summed E-state index contributed by atoms with van der Waals surface area (Å²) in [5.41, 5.74) is 17.0. The molecule has 126 heavy (non-hydrogen) atoms. The molecular formula is C113H99B4F3O4SZr. The number of hydrogen-bond acceptors (Lipinski definition) is 4. The molecule has 19 rings (SSSR count). The van der Waals surface area contributed by atoms with Crippen LogP contribution < -0.4 is 97.8 Å². The zero-order chi connectivity index (χ0) is 86.5. The SMILES string of the molecule is C1CCOC1.CC(C)=C1C=c2ccccc2=C1OS(=O)(=O)C(F)(F)F.[Zr+4].c1ccc([B-](c2ccccc2)(c2ccccc2)c2ccccc2)cc1.c1ccc([B-](c2ccccc2)(c2ccccc2)c2ccccc2)cc1.c1ccc([B-](c2ccccc2)(c2ccccc2)c2ccccc2)cc1.c1ccc([B-](c2ccccc2)(c2ccccc2)c2ccccc2)cc1. The molecule has 1 aliphatic heterocycles. The number of benzene rings is 17. The van der Waals surface area contributed by atoms with Gasteiger partial charge in [0.05, 0.1) is 0 Å². The Bertz CT molecular complexity index is 5110. The predicted molar refractivity (Wildman–Crippen MR) is 528 cm³/mol. The van der Waals surface area contributed by atoms with Gasteiger partial charge in [0, 0.05) is 24.0 Å². The first kappa shape index (κ1) is 90.6. The van der Waals surface area contributed by atoms with E-state index in [1.54, 1.807) is 38.1 Å². The van der Waals surface area contributed by atoms with Crippen LogP contribution >= 0.6 is 0 Å². The van der Waals surface area contributed by atoms with E-state index in [1.165, 1.54) is 106 Å². The van der Waals surface area contributed by atoms with E-state index in [4.69, 9.17) is 4.74 Å². The van der Waals surface area contributed by atoms with Crippen LogP contribution in [-0.4, -0.2) is 51.7 Å². The van der Waals surface area contributed by atoms with Gasteiger partial charge in [-0.1, -0.05) is 515 Å². The van der Waals surface area contributed by atoms with E-state index in [9.17, 15) is 21.6 Å². The van der Waals surface area contributed by atoms with Crippen molar-refractivity contribution < 1.29 is 56.7 Å². The number of alkyl halides is 3. The molecule has 0 unspecified atom stereocenters. The van der Waals surface area contributed by atoms with Crippen LogP contribution in [0.2, 0.25) is 0 Å².